The number of aliphatic hydroxyl groups is 1. The van der Waals surface area contributed by atoms with Crippen molar-refractivity contribution in [1.82, 2.24) is 10.3 Å². The lowest BCUT2D eigenvalue weighted by Gasteiger charge is -2.14. The Bertz CT molecular complexity index is 1390. The van der Waals surface area contributed by atoms with Crippen molar-refractivity contribution < 1.29 is 23.0 Å². The topological polar surface area (TPSA) is 113 Å². The minimum atomic E-state index is -3.37. The maximum Gasteiger partial charge on any atom is 0.229 e. The van der Waals surface area contributed by atoms with E-state index in [1.165, 1.54) is 0 Å². The normalized spacial score (nSPS) is 12.3. The Balaban J connectivity index is 0.00000342. The summed E-state index contributed by atoms with van der Waals surface area (Å²) in [5, 5.41) is 15.8. The Hall–Kier alpha value is -2.98. The van der Waals surface area contributed by atoms with Crippen LogP contribution in [0.25, 0.3) is 21.8 Å². The van der Waals surface area contributed by atoms with Gasteiger partial charge in [-0.15, -0.1) is 12.4 Å². The van der Waals surface area contributed by atoms with E-state index >= 15 is 0 Å². The molecule has 0 saturated carbocycles. The summed E-state index contributed by atoms with van der Waals surface area (Å²) in [4.78, 5) is 3.42. The number of aromatic amines is 1. The van der Waals surface area contributed by atoms with Crippen LogP contribution in [0.1, 0.15) is 18.6 Å². The highest BCUT2D eigenvalue weighted by Crippen LogP contribution is 2.30. The number of aromatic nitrogens is 1. The molecule has 0 aliphatic carbocycles. The van der Waals surface area contributed by atoms with Gasteiger partial charge < -0.3 is 24.9 Å². The van der Waals surface area contributed by atoms with Crippen molar-refractivity contribution in [3.8, 4) is 11.5 Å². The molecule has 0 aliphatic rings. The van der Waals surface area contributed by atoms with Crippen LogP contribution in [0.2, 0.25) is 0 Å². The largest absolute Gasteiger partial charge is 0.494 e. The average Bonchev–Trinajstić information content (AvgIpc) is 3.15. The number of benzene rings is 3. The van der Waals surface area contributed by atoms with Crippen molar-refractivity contribution in [2.75, 3.05) is 37.3 Å². The van der Waals surface area contributed by atoms with Gasteiger partial charge in [0.2, 0.25) is 10.0 Å². The molecule has 0 radical (unpaired) electrons. The number of rotatable bonds is 11. The van der Waals surface area contributed by atoms with E-state index < -0.39 is 16.1 Å². The van der Waals surface area contributed by atoms with Crippen LogP contribution in [0.3, 0.4) is 0 Å². The summed E-state index contributed by atoms with van der Waals surface area (Å²) in [7, 11) is -3.37. The van der Waals surface area contributed by atoms with Gasteiger partial charge in [-0.25, -0.2) is 8.42 Å². The SMILES string of the molecule is CCOc1ccc2c(c1)[nH]c1cc(OCCNC[C@H](O)c3cccc(NS(C)(=O)=O)c3)ccc12.Cl. The van der Waals surface area contributed by atoms with E-state index in [0.717, 1.165) is 39.6 Å². The Labute approximate surface area is 211 Å². The second-order valence-electron chi connectivity index (χ2n) is 8.04. The molecule has 4 rings (SSSR count). The van der Waals surface area contributed by atoms with Crippen LogP contribution >= 0.6 is 12.4 Å². The van der Waals surface area contributed by atoms with E-state index in [-0.39, 0.29) is 12.4 Å². The number of ether oxygens (including phenoxy) is 2. The molecule has 0 fully saturated rings. The van der Waals surface area contributed by atoms with Gasteiger partial charge in [0.25, 0.3) is 0 Å². The molecule has 0 bridgehead atoms. The molecule has 0 aliphatic heterocycles. The Morgan fingerprint density at radius 3 is 2.26 bits per heavy atom. The number of aliphatic hydroxyl groups excluding tert-OH is 1. The van der Waals surface area contributed by atoms with Gasteiger partial charge in [-0.05, 0) is 48.9 Å². The van der Waals surface area contributed by atoms with Crippen molar-refractivity contribution >= 4 is 49.9 Å². The maximum absolute atomic E-state index is 11.4. The van der Waals surface area contributed by atoms with Gasteiger partial charge in [0.05, 0.1) is 30.0 Å². The summed E-state index contributed by atoms with van der Waals surface area (Å²) >= 11 is 0. The number of halogens is 1. The van der Waals surface area contributed by atoms with Crippen molar-refractivity contribution in [2.45, 2.75) is 13.0 Å². The average molecular weight is 520 g/mol. The Kier molecular flexibility index (Phi) is 8.85. The summed E-state index contributed by atoms with van der Waals surface area (Å²) in [5.74, 6) is 1.59. The highest BCUT2D eigenvalue weighted by atomic mass is 35.5. The molecule has 0 amide bonds. The number of H-pyrrole nitrogens is 1. The molecule has 3 aromatic carbocycles. The lowest BCUT2D eigenvalue weighted by Crippen LogP contribution is -2.26. The third kappa shape index (κ3) is 7.02. The molecule has 1 heterocycles. The Morgan fingerprint density at radius 2 is 1.63 bits per heavy atom. The first-order chi connectivity index (χ1) is 16.3. The van der Waals surface area contributed by atoms with E-state index in [9.17, 15) is 13.5 Å². The van der Waals surface area contributed by atoms with E-state index in [0.29, 0.717) is 37.6 Å². The molecule has 1 atom stereocenters. The standard InChI is InChI=1S/C25H29N3O5S.ClH/c1-3-32-19-7-9-21-22-10-8-20(15-24(22)27-23(21)14-19)33-12-11-26-16-25(29)17-5-4-6-18(13-17)28-34(2,30)31;/h4-10,13-15,25-29H,3,11-12,16H2,1-2H3;1H/t25-;/m0./s1. The van der Waals surface area contributed by atoms with Crippen LogP contribution in [0.5, 0.6) is 11.5 Å². The van der Waals surface area contributed by atoms with Crippen molar-refractivity contribution in [2.24, 2.45) is 0 Å². The predicted octanol–water partition coefficient (Wildman–Crippen LogP) is 4.22. The smallest absolute Gasteiger partial charge is 0.229 e. The first-order valence-electron chi connectivity index (χ1n) is 11.1. The van der Waals surface area contributed by atoms with Crippen molar-refractivity contribution in [3.63, 3.8) is 0 Å². The molecule has 4 N–H and O–H groups in total. The first kappa shape index (κ1) is 26.6. The number of sulfonamides is 1. The minimum Gasteiger partial charge on any atom is -0.494 e. The van der Waals surface area contributed by atoms with Crippen molar-refractivity contribution in [1.29, 1.82) is 0 Å². The van der Waals surface area contributed by atoms with Gasteiger partial charge in [-0.1, -0.05) is 12.1 Å². The van der Waals surface area contributed by atoms with Crippen LogP contribution < -0.4 is 19.5 Å². The molecule has 1 aromatic heterocycles. The summed E-state index contributed by atoms with van der Waals surface area (Å²) in [6, 6.07) is 18.7. The molecule has 0 unspecified atom stereocenters. The van der Waals surface area contributed by atoms with Gasteiger partial charge in [0.1, 0.15) is 18.1 Å². The summed E-state index contributed by atoms with van der Waals surface area (Å²) < 4.78 is 36.6. The summed E-state index contributed by atoms with van der Waals surface area (Å²) in [6.45, 7) is 3.88. The molecule has 10 heteroatoms. The second kappa shape index (κ2) is 11.6. The highest BCUT2D eigenvalue weighted by Gasteiger charge is 2.10. The monoisotopic (exact) mass is 519 g/mol. The lowest BCUT2D eigenvalue weighted by atomic mass is 10.1. The van der Waals surface area contributed by atoms with E-state index in [2.05, 4.69) is 21.1 Å². The van der Waals surface area contributed by atoms with Crippen molar-refractivity contribution in [3.05, 3.63) is 66.2 Å². The van der Waals surface area contributed by atoms with Gasteiger partial charge >= 0.3 is 0 Å². The molecular formula is C25H30ClN3O5S. The third-order valence-corrected chi connectivity index (χ3v) is 5.92. The zero-order chi connectivity index (χ0) is 24.1. The number of hydrogen-bond acceptors (Lipinski definition) is 6. The van der Waals surface area contributed by atoms with E-state index in [1.807, 2.05) is 37.3 Å². The summed E-state index contributed by atoms with van der Waals surface area (Å²) in [5.41, 5.74) is 3.05. The number of nitrogens with one attached hydrogen (secondary N) is 3. The molecule has 35 heavy (non-hydrogen) atoms. The fourth-order valence-corrected chi connectivity index (χ4v) is 4.39. The number of anilines is 1. The molecular weight excluding hydrogens is 490 g/mol. The van der Waals surface area contributed by atoms with Crippen LogP contribution in [0, 0.1) is 0 Å². The maximum atomic E-state index is 11.4. The van der Waals surface area contributed by atoms with Crippen LogP contribution in [0.4, 0.5) is 5.69 Å². The van der Waals surface area contributed by atoms with Crippen LogP contribution in [-0.4, -0.2) is 51.1 Å². The molecule has 4 aromatic rings. The predicted molar refractivity (Wildman–Crippen MR) is 142 cm³/mol. The molecule has 0 spiro atoms. The highest BCUT2D eigenvalue weighted by molar-refractivity contribution is 7.92. The van der Waals surface area contributed by atoms with E-state index in [4.69, 9.17) is 9.47 Å². The summed E-state index contributed by atoms with van der Waals surface area (Å²) in [6.07, 6.45) is 0.317. The second-order valence-corrected chi connectivity index (χ2v) is 9.79. The zero-order valence-corrected chi connectivity index (χ0v) is 21.2. The zero-order valence-electron chi connectivity index (χ0n) is 19.6. The number of fused-ring (bicyclic) bond motifs is 3. The molecule has 8 nitrogen and oxygen atoms in total. The van der Waals surface area contributed by atoms with Gasteiger partial charge in [0, 0.05) is 41.7 Å². The lowest BCUT2D eigenvalue weighted by molar-refractivity contribution is 0.172. The fourth-order valence-electron chi connectivity index (χ4n) is 3.84. The number of hydrogen-bond donors (Lipinski definition) is 4. The molecule has 188 valence electrons. The van der Waals surface area contributed by atoms with Crippen LogP contribution in [0.15, 0.2) is 60.7 Å². The van der Waals surface area contributed by atoms with Gasteiger partial charge in [-0.2, -0.15) is 0 Å². The molecule has 0 saturated heterocycles. The van der Waals surface area contributed by atoms with Gasteiger partial charge in [0.15, 0.2) is 0 Å². The van der Waals surface area contributed by atoms with Crippen LogP contribution in [-0.2, 0) is 10.0 Å². The Morgan fingerprint density at radius 1 is 0.971 bits per heavy atom. The first-order valence-corrected chi connectivity index (χ1v) is 13.0. The fraction of sp³-hybridized carbons (Fsp3) is 0.280. The van der Waals surface area contributed by atoms with Gasteiger partial charge in [-0.3, -0.25) is 4.72 Å². The minimum absolute atomic E-state index is 0. The quantitative estimate of drug-likeness (QED) is 0.221. The third-order valence-electron chi connectivity index (χ3n) is 5.31. The van der Waals surface area contributed by atoms with E-state index in [1.54, 1.807) is 24.3 Å².